The fourth-order valence-corrected chi connectivity index (χ4v) is 3.26. The SMILES string of the molecule is C[C@H]1CCCN(CCCOc2ccc(-c3ccncc3)cc2)C1.Cl. The van der Waals surface area contributed by atoms with Crippen molar-refractivity contribution in [1.29, 1.82) is 0 Å². The number of piperidine rings is 1. The predicted octanol–water partition coefficient (Wildman–Crippen LogP) is 4.67. The third kappa shape index (κ3) is 5.50. The van der Waals surface area contributed by atoms with E-state index in [-0.39, 0.29) is 12.4 Å². The fraction of sp³-hybridized carbons (Fsp3) is 0.450. The quantitative estimate of drug-likeness (QED) is 0.710. The van der Waals surface area contributed by atoms with Crippen LogP contribution in [0.3, 0.4) is 0 Å². The predicted molar refractivity (Wildman–Crippen MR) is 102 cm³/mol. The fourth-order valence-electron chi connectivity index (χ4n) is 3.26. The maximum Gasteiger partial charge on any atom is 0.119 e. The van der Waals surface area contributed by atoms with Crippen molar-refractivity contribution in [2.75, 3.05) is 26.2 Å². The molecular formula is C20H27ClN2O. The topological polar surface area (TPSA) is 25.4 Å². The van der Waals surface area contributed by atoms with E-state index in [1.165, 1.54) is 37.1 Å². The summed E-state index contributed by atoms with van der Waals surface area (Å²) < 4.78 is 5.88. The Balaban J connectivity index is 0.00000208. The number of pyridine rings is 1. The molecule has 3 nitrogen and oxygen atoms in total. The molecule has 0 unspecified atom stereocenters. The van der Waals surface area contributed by atoms with Gasteiger partial charge in [-0.2, -0.15) is 0 Å². The van der Waals surface area contributed by atoms with Gasteiger partial charge in [-0.3, -0.25) is 4.98 Å². The lowest BCUT2D eigenvalue weighted by atomic mass is 10.0. The molecule has 0 saturated carbocycles. The Kier molecular flexibility index (Phi) is 7.54. The minimum atomic E-state index is 0. The molecule has 1 saturated heterocycles. The van der Waals surface area contributed by atoms with E-state index in [9.17, 15) is 0 Å². The molecule has 3 rings (SSSR count). The molecular weight excluding hydrogens is 320 g/mol. The summed E-state index contributed by atoms with van der Waals surface area (Å²) in [5, 5.41) is 0. The van der Waals surface area contributed by atoms with Crippen molar-refractivity contribution >= 4 is 12.4 Å². The molecule has 0 amide bonds. The third-order valence-electron chi connectivity index (χ3n) is 4.50. The normalized spacial score (nSPS) is 18.0. The first-order valence-electron chi connectivity index (χ1n) is 8.67. The van der Waals surface area contributed by atoms with Crippen LogP contribution < -0.4 is 4.74 Å². The first kappa shape index (κ1) is 18.8. The summed E-state index contributed by atoms with van der Waals surface area (Å²) in [5.41, 5.74) is 2.38. The number of nitrogens with zero attached hydrogens (tertiary/aromatic N) is 2. The summed E-state index contributed by atoms with van der Waals surface area (Å²) in [6.45, 7) is 6.80. The van der Waals surface area contributed by atoms with Crippen LogP contribution in [0.15, 0.2) is 48.8 Å². The van der Waals surface area contributed by atoms with Crippen molar-refractivity contribution in [2.24, 2.45) is 5.92 Å². The first-order chi connectivity index (χ1) is 11.3. The highest BCUT2D eigenvalue weighted by Crippen LogP contribution is 2.22. The van der Waals surface area contributed by atoms with E-state index in [4.69, 9.17) is 4.74 Å². The van der Waals surface area contributed by atoms with Gasteiger partial charge in [-0.05, 0) is 67.1 Å². The summed E-state index contributed by atoms with van der Waals surface area (Å²) >= 11 is 0. The maximum absolute atomic E-state index is 5.88. The zero-order valence-corrected chi connectivity index (χ0v) is 15.2. The van der Waals surface area contributed by atoms with Crippen LogP contribution in [0.1, 0.15) is 26.2 Å². The molecule has 0 bridgehead atoms. The minimum absolute atomic E-state index is 0. The Bertz CT molecular complexity index is 588. The van der Waals surface area contributed by atoms with Gasteiger partial charge in [0, 0.05) is 25.5 Å². The highest BCUT2D eigenvalue weighted by Gasteiger charge is 2.15. The first-order valence-corrected chi connectivity index (χ1v) is 8.67. The van der Waals surface area contributed by atoms with Crippen LogP contribution in [0, 0.1) is 5.92 Å². The molecule has 1 aromatic carbocycles. The van der Waals surface area contributed by atoms with Gasteiger partial charge in [-0.1, -0.05) is 19.1 Å². The van der Waals surface area contributed by atoms with E-state index in [0.29, 0.717) is 0 Å². The van der Waals surface area contributed by atoms with E-state index in [0.717, 1.165) is 31.2 Å². The van der Waals surface area contributed by atoms with E-state index in [1.807, 2.05) is 24.5 Å². The standard InChI is InChI=1S/C20H26N2O.ClH/c1-17-4-2-13-22(16-17)14-3-15-23-20-7-5-18(6-8-20)19-9-11-21-12-10-19;/h5-12,17H,2-4,13-16H2,1H3;1H/t17-;/m0./s1. The average Bonchev–Trinajstić information content (AvgIpc) is 2.60. The van der Waals surface area contributed by atoms with Crippen molar-refractivity contribution in [3.05, 3.63) is 48.8 Å². The average molecular weight is 347 g/mol. The highest BCUT2D eigenvalue weighted by atomic mass is 35.5. The molecule has 1 aliphatic rings. The van der Waals surface area contributed by atoms with Crippen LogP contribution in [0.2, 0.25) is 0 Å². The number of aromatic nitrogens is 1. The maximum atomic E-state index is 5.88. The van der Waals surface area contributed by atoms with E-state index < -0.39 is 0 Å². The molecule has 0 aliphatic carbocycles. The summed E-state index contributed by atoms with van der Waals surface area (Å²) in [5.74, 6) is 1.81. The summed E-state index contributed by atoms with van der Waals surface area (Å²) in [6, 6.07) is 12.4. The van der Waals surface area contributed by atoms with Crippen molar-refractivity contribution < 1.29 is 4.74 Å². The van der Waals surface area contributed by atoms with Gasteiger partial charge < -0.3 is 9.64 Å². The van der Waals surface area contributed by atoms with Crippen LogP contribution in [0.4, 0.5) is 0 Å². The molecule has 1 aliphatic heterocycles. The molecule has 0 radical (unpaired) electrons. The molecule has 2 aromatic rings. The second-order valence-corrected chi connectivity index (χ2v) is 6.51. The summed E-state index contributed by atoms with van der Waals surface area (Å²) in [4.78, 5) is 6.63. The number of likely N-dealkylation sites (tertiary alicyclic amines) is 1. The lowest BCUT2D eigenvalue weighted by molar-refractivity contribution is 0.170. The number of rotatable bonds is 6. The Hall–Kier alpha value is -1.58. The van der Waals surface area contributed by atoms with Gasteiger partial charge >= 0.3 is 0 Å². The van der Waals surface area contributed by atoms with Crippen LogP contribution in [0.25, 0.3) is 11.1 Å². The smallest absolute Gasteiger partial charge is 0.119 e. The van der Waals surface area contributed by atoms with Crippen molar-refractivity contribution in [3.8, 4) is 16.9 Å². The Morgan fingerprint density at radius 3 is 2.50 bits per heavy atom. The van der Waals surface area contributed by atoms with Crippen molar-refractivity contribution in [1.82, 2.24) is 9.88 Å². The van der Waals surface area contributed by atoms with Gasteiger partial charge in [0.05, 0.1) is 6.61 Å². The van der Waals surface area contributed by atoms with Gasteiger partial charge in [0.25, 0.3) is 0 Å². The highest BCUT2D eigenvalue weighted by molar-refractivity contribution is 5.85. The van der Waals surface area contributed by atoms with E-state index in [1.54, 1.807) is 0 Å². The Labute approximate surface area is 151 Å². The van der Waals surface area contributed by atoms with Crippen molar-refractivity contribution in [3.63, 3.8) is 0 Å². The van der Waals surface area contributed by atoms with Gasteiger partial charge in [-0.25, -0.2) is 0 Å². The number of hydrogen-bond acceptors (Lipinski definition) is 3. The molecule has 1 fully saturated rings. The Morgan fingerprint density at radius 1 is 1.08 bits per heavy atom. The largest absolute Gasteiger partial charge is 0.494 e. The third-order valence-corrected chi connectivity index (χ3v) is 4.50. The van der Waals surface area contributed by atoms with E-state index in [2.05, 4.69) is 41.1 Å². The van der Waals surface area contributed by atoms with Gasteiger partial charge in [0.15, 0.2) is 0 Å². The summed E-state index contributed by atoms with van der Waals surface area (Å²) in [7, 11) is 0. The van der Waals surface area contributed by atoms with Gasteiger partial charge in [0.2, 0.25) is 0 Å². The second kappa shape index (κ2) is 9.65. The zero-order valence-electron chi connectivity index (χ0n) is 14.4. The second-order valence-electron chi connectivity index (χ2n) is 6.51. The van der Waals surface area contributed by atoms with Crippen LogP contribution in [-0.4, -0.2) is 36.1 Å². The molecule has 1 aromatic heterocycles. The number of ether oxygens (including phenoxy) is 1. The van der Waals surface area contributed by atoms with Crippen LogP contribution in [-0.2, 0) is 0 Å². The lowest BCUT2D eigenvalue weighted by Gasteiger charge is -2.30. The van der Waals surface area contributed by atoms with Crippen molar-refractivity contribution in [2.45, 2.75) is 26.2 Å². The molecule has 0 spiro atoms. The monoisotopic (exact) mass is 346 g/mol. The molecule has 0 N–H and O–H groups in total. The summed E-state index contributed by atoms with van der Waals surface area (Å²) in [6.07, 6.45) is 7.47. The minimum Gasteiger partial charge on any atom is -0.494 e. The number of benzene rings is 1. The molecule has 4 heteroatoms. The van der Waals surface area contributed by atoms with Gasteiger partial charge in [0.1, 0.15) is 5.75 Å². The Morgan fingerprint density at radius 2 is 1.79 bits per heavy atom. The van der Waals surface area contributed by atoms with Crippen LogP contribution in [0.5, 0.6) is 5.75 Å². The number of hydrogen-bond donors (Lipinski definition) is 0. The number of halogens is 1. The van der Waals surface area contributed by atoms with Crippen LogP contribution >= 0.6 is 12.4 Å². The van der Waals surface area contributed by atoms with Gasteiger partial charge in [-0.15, -0.1) is 12.4 Å². The lowest BCUT2D eigenvalue weighted by Crippen LogP contribution is -2.35. The molecule has 2 heterocycles. The molecule has 24 heavy (non-hydrogen) atoms. The molecule has 130 valence electrons. The van der Waals surface area contributed by atoms with E-state index >= 15 is 0 Å². The zero-order chi connectivity index (χ0) is 15.9. The molecule has 1 atom stereocenters.